The molecule has 0 aliphatic rings. The van der Waals surface area contributed by atoms with Gasteiger partial charge in [0.05, 0.1) is 24.4 Å². The summed E-state index contributed by atoms with van der Waals surface area (Å²) in [5.74, 6) is 0. The first-order valence-corrected chi connectivity index (χ1v) is 10.5. The molecule has 0 amide bonds. The molecule has 0 bridgehead atoms. The van der Waals surface area contributed by atoms with E-state index >= 15 is 0 Å². The number of rotatable bonds is 10. The Morgan fingerprint density at radius 3 is 0.909 bits per heavy atom. The van der Waals surface area contributed by atoms with Crippen LogP contribution in [0.5, 0.6) is 0 Å². The monoisotopic (exact) mass is 359 g/mol. The fraction of sp³-hybridized carbons (Fsp3) is 1.00. The van der Waals surface area contributed by atoms with Crippen LogP contribution in [-0.4, -0.2) is 35.9 Å². The van der Waals surface area contributed by atoms with Crippen molar-refractivity contribution < 1.29 is 27.2 Å². The first-order valence-electron chi connectivity index (χ1n) is 7.50. The lowest BCUT2D eigenvalue weighted by Gasteiger charge is -2.35. The average Bonchev–Trinajstić information content (AvgIpc) is 2.22. The lowest BCUT2D eigenvalue weighted by molar-refractivity contribution is 0.0945. The molecule has 0 rings (SSSR count). The molecule has 22 heavy (non-hydrogen) atoms. The zero-order valence-electron chi connectivity index (χ0n) is 15.1. The van der Waals surface area contributed by atoms with Gasteiger partial charge in [-0.25, -0.2) is 9.13 Å². The molecule has 134 valence electrons. The van der Waals surface area contributed by atoms with Crippen LogP contribution in [0.15, 0.2) is 0 Å². The van der Waals surface area contributed by atoms with Crippen LogP contribution < -0.4 is 0 Å². The van der Waals surface area contributed by atoms with E-state index in [1.165, 1.54) is 7.05 Å². The van der Waals surface area contributed by atoms with E-state index in [2.05, 4.69) is 0 Å². The van der Waals surface area contributed by atoms with Crippen molar-refractivity contribution >= 4 is 15.5 Å². The maximum atomic E-state index is 13.1. The third-order valence-corrected chi connectivity index (χ3v) is 7.57. The van der Waals surface area contributed by atoms with Crippen molar-refractivity contribution in [3.8, 4) is 0 Å². The Labute approximate surface area is 134 Å². The molecule has 0 aliphatic heterocycles. The average molecular weight is 359 g/mol. The molecule has 0 saturated heterocycles. The van der Waals surface area contributed by atoms with Gasteiger partial charge in [0.2, 0.25) is 0 Å². The van der Waals surface area contributed by atoms with E-state index in [9.17, 15) is 9.13 Å². The predicted molar refractivity (Wildman–Crippen MR) is 87.9 cm³/mol. The van der Waals surface area contributed by atoms with E-state index < -0.39 is 15.5 Å². The third kappa shape index (κ3) is 7.22. The molecule has 0 aromatic heterocycles. The van der Waals surface area contributed by atoms with Gasteiger partial charge in [-0.15, -0.1) is 4.44 Å². The smallest absolute Gasteiger partial charge is 0.294 e. The van der Waals surface area contributed by atoms with Crippen LogP contribution in [0.2, 0.25) is 0 Å². The molecule has 0 aliphatic carbocycles. The highest BCUT2D eigenvalue weighted by Crippen LogP contribution is 2.69. The summed E-state index contributed by atoms with van der Waals surface area (Å²) in [6, 6.07) is 0. The quantitative estimate of drug-likeness (QED) is 0.517. The maximum absolute atomic E-state index is 13.1. The van der Waals surface area contributed by atoms with Gasteiger partial charge in [0.15, 0.2) is 0 Å². The summed E-state index contributed by atoms with van der Waals surface area (Å²) >= 11 is 0. The topological polar surface area (TPSA) is 74.3 Å². The van der Waals surface area contributed by atoms with E-state index in [0.717, 1.165) is 4.44 Å². The highest BCUT2D eigenvalue weighted by Gasteiger charge is 2.47. The van der Waals surface area contributed by atoms with Gasteiger partial charge in [0.25, 0.3) is 0 Å². The molecule has 0 radical (unpaired) electrons. The van der Waals surface area contributed by atoms with Crippen LogP contribution in [0.25, 0.3) is 0 Å². The highest BCUT2D eigenvalue weighted by atomic mass is 31.3. The lowest BCUT2D eigenvalue weighted by Crippen LogP contribution is -2.25. The van der Waals surface area contributed by atoms with Crippen molar-refractivity contribution in [3.63, 3.8) is 0 Å². The molecule has 0 unspecified atom stereocenters. The summed E-state index contributed by atoms with van der Waals surface area (Å²) in [5.41, 5.74) is 0. The molecule has 0 fully saturated rings. The molecule has 0 heterocycles. The fourth-order valence-electron chi connectivity index (χ4n) is 1.52. The van der Waals surface area contributed by atoms with Crippen molar-refractivity contribution in [2.24, 2.45) is 0 Å². The molecule has 0 spiro atoms. The standard InChI is InChI=1S/C13H31NO6P2/c1-10(2)17-21(15,18-11(3)4)14(9)22(16,19-12(5)6)20-13(7)8/h10-13H,1-9H3. The molecule has 0 saturated carbocycles. The van der Waals surface area contributed by atoms with Gasteiger partial charge < -0.3 is 0 Å². The zero-order valence-corrected chi connectivity index (χ0v) is 16.9. The van der Waals surface area contributed by atoms with Crippen LogP contribution in [0, 0.1) is 0 Å². The third-order valence-electron chi connectivity index (χ3n) is 2.09. The highest BCUT2D eigenvalue weighted by molar-refractivity contribution is 7.67. The first-order chi connectivity index (χ1) is 9.82. The Bertz CT molecular complexity index is 359. The molecule has 9 heteroatoms. The van der Waals surface area contributed by atoms with Crippen molar-refractivity contribution in [1.82, 2.24) is 4.44 Å². The van der Waals surface area contributed by atoms with Crippen LogP contribution in [0.3, 0.4) is 0 Å². The number of hydrogen-bond donors (Lipinski definition) is 0. The van der Waals surface area contributed by atoms with E-state index in [4.69, 9.17) is 18.1 Å². The van der Waals surface area contributed by atoms with Gasteiger partial charge >= 0.3 is 15.5 Å². The molecule has 0 aromatic carbocycles. The fourth-order valence-corrected chi connectivity index (χ4v) is 5.88. The van der Waals surface area contributed by atoms with E-state index in [1.807, 2.05) is 0 Å². The second-order valence-corrected chi connectivity index (χ2v) is 10.3. The van der Waals surface area contributed by atoms with Gasteiger partial charge in [-0.2, -0.15) is 0 Å². The van der Waals surface area contributed by atoms with Gasteiger partial charge in [-0.1, -0.05) is 0 Å². The Balaban J connectivity index is 5.65. The minimum absolute atomic E-state index is 0.376. The van der Waals surface area contributed by atoms with Crippen LogP contribution >= 0.6 is 15.5 Å². The number of hydrogen-bond acceptors (Lipinski definition) is 6. The van der Waals surface area contributed by atoms with Crippen LogP contribution in [0.4, 0.5) is 0 Å². The summed E-state index contributed by atoms with van der Waals surface area (Å²) in [5, 5.41) is 0. The summed E-state index contributed by atoms with van der Waals surface area (Å²) in [6.07, 6.45) is -1.51. The van der Waals surface area contributed by atoms with E-state index in [0.29, 0.717) is 0 Å². The minimum atomic E-state index is -3.84. The SMILES string of the molecule is CC(C)OP(=O)(OC(C)C)N(C)P(=O)(OC(C)C)OC(C)C. The largest absolute Gasteiger partial charge is 0.417 e. The van der Waals surface area contributed by atoms with Crippen LogP contribution in [-0.2, 0) is 27.2 Å². The van der Waals surface area contributed by atoms with Gasteiger partial charge in [0.1, 0.15) is 0 Å². The molecular formula is C13H31NO6P2. The maximum Gasteiger partial charge on any atom is 0.417 e. The number of nitrogens with zero attached hydrogens (tertiary/aromatic N) is 1. The Hall–Kier alpha value is 0.260. The summed E-state index contributed by atoms with van der Waals surface area (Å²) in [7, 11) is -6.30. The van der Waals surface area contributed by atoms with Crippen molar-refractivity contribution in [1.29, 1.82) is 0 Å². The molecule has 0 N–H and O–H groups in total. The second kappa shape index (κ2) is 8.93. The Morgan fingerprint density at radius 2 is 0.773 bits per heavy atom. The molecule has 0 atom stereocenters. The first kappa shape index (κ1) is 22.3. The van der Waals surface area contributed by atoms with Gasteiger partial charge in [0, 0.05) is 7.05 Å². The molecular weight excluding hydrogens is 328 g/mol. The minimum Gasteiger partial charge on any atom is -0.294 e. The van der Waals surface area contributed by atoms with E-state index in [1.54, 1.807) is 55.4 Å². The van der Waals surface area contributed by atoms with E-state index in [-0.39, 0.29) is 24.4 Å². The van der Waals surface area contributed by atoms with Crippen molar-refractivity contribution in [3.05, 3.63) is 0 Å². The molecule has 7 nitrogen and oxygen atoms in total. The van der Waals surface area contributed by atoms with Gasteiger partial charge in [-0.3, -0.25) is 18.1 Å². The van der Waals surface area contributed by atoms with Gasteiger partial charge in [-0.05, 0) is 55.4 Å². The van der Waals surface area contributed by atoms with Crippen molar-refractivity contribution in [2.45, 2.75) is 79.8 Å². The Morgan fingerprint density at radius 1 is 0.591 bits per heavy atom. The summed E-state index contributed by atoms with van der Waals surface area (Å²) in [4.78, 5) is 0. The zero-order chi connectivity index (χ0) is 17.7. The second-order valence-electron chi connectivity index (χ2n) is 6.04. The van der Waals surface area contributed by atoms with Crippen LogP contribution in [0.1, 0.15) is 55.4 Å². The Kier molecular flexibility index (Phi) is 9.04. The predicted octanol–water partition coefficient (Wildman–Crippen LogP) is 4.83. The molecule has 0 aromatic rings. The summed E-state index contributed by atoms with van der Waals surface area (Å²) in [6.45, 7) is 13.8. The lowest BCUT2D eigenvalue weighted by atomic mass is 10.5. The normalized spacial score (nSPS) is 14.1. The van der Waals surface area contributed by atoms with Crippen molar-refractivity contribution in [2.75, 3.05) is 7.05 Å². The summed E-state index contributed by atoms with van der Waals surface area (Å²) < 4.78 is 49.0.